The smallest absolute Gasteiger partial charge is 0.303 e. The third kappa shape index (κ3) is 5.11. The van der Waals surface area contributed by atoms with E-state index in [1.165, 1.54) is 0 Å². The Kier molecular flexibility index (Phi) is 6.47. The standard InChI is InChI=1S/C16H13Br3O3/c17-12-4-1-10(2-5-12)9-22-16-13(18)7-11(8-14(16)19)3-6-15(20)21/h1-2,4-5,7-8H,3,6,9H2,(H,20,21). The first kappa shape index (κ1) is 17.5. The molecule has 0 aliphatic heterocycles. The summed E-state index contributed by atoms with van der Waals surface area (Å²) in [5, 5.41) is 8.75. The molecule has 0 saturated heterocycles. The van der Waals surface area contributed by atoms with E-state index in [0.29, 0.717) is 18.8 Å². The molecular weight excluding hydrogens is 480 g/mol. The normalized spacial score (nSPS) is 10.5. The fourth-order valence-electron chi connectivity index (χ4n) is 1.88. The highest BCUT2D eigenvalue weighted by Crippen LogP contribution is 2.35. The highest BCUT2D eigenvalue weighted by atomic mass is 79.9. The lowest BCUT2D eigenvalue weighted by Gasteiger charge is -2.12. The third-order valence-electron chi connectivity index (χ3n) is 2.98. The number of hydrogen-bond acceptors (Lipinski definition) is 2. The van der Waals surface area contributed by atoms with E-state index in [0.717, 1.165) is 24.5 Å². The van der Waals surface area contributed by atoms with E-state index in [1.54, 1.807) is 0 Å². The van der Waals surface area contributed by atoms with Gasteiger partial charge in [-0.2, -0.15) is 0 Å². The van der Waals surface area contributed by atoms with Gasteiger partial charge in [-0.1, -0.05) is 28.1 Å². The van der Waals surface area contributed by atoms with Gasteiger partial charge in [-0.15, -0.1) is 0 Å². The fraction of sp³-hybridized carbons (Fsp3) is 0.188. The molecule has 0 aliphatic carbocycles. The number of carbonyl (C=O) groups is 1. The van der Waals surface area contributed by atoms with Crippen LogP contribution in [0.25, 0.3) is 0 Å². The van der Waals surface area contributed by atoms with Crippen molar-refractivity contribution in [2.24, 2.45) is 0 Å². The molecule has 2 rings (SSSR count). The second kappa shape index (κ2) is 8.13. The van der Waals surface area contributed by atoms with Crippen LogP contribution in [0.2, 0.25) is 0 Å². The van der Waals surface area contributed by atoms with Crippen LogP contribution in [0.1, 0.15) is 17.5 Å². The minimum Gasteiger partial charge on any atom is -0.487 e. The van der Waals surface area contributed by atoms with Crippen molar-refractivity contribution in [3.8, 4) is 5.75 Å². The van der Waals surface area contributed by atoms with E-state index in [4.69, 9.17) is 9.84 Å². The molecule has 0 saturated carbocycles. The summed E-state index contributed by atoms with van der Waals surface area (Å²) in [6.07, 6.45) is 0.595. The van der Waals surface area contributed by atoms with Gasteiger partial charge in [-0.05, 0) is 73.7 Å². The van der Waals surface area contributed by atoms with E-state index in [1.807, 2.05) is 36.4 Å². The maximum absolute atomic E-state index is 10.6. The Hall–Kier alpha value is -0.850. The summed E-state index contributed by atoms with van der Waals surface area (Å²) < 4.78 is 8.49. The van der Waals surface area contributed by atoms with Crippen LogP contribution in [0.5, 0.6) is 5.75 Å². The predicted molar refractivity (Wildman–Crippen MR) is 96.3 cm³/mol. The van der Waals surface area contributed by atoms with Gasteiger partial charge in [0.15, 0.2) is 0 Å². The summed E-state index contributed by atoms with van der Waals surface area (Å²) in [5.41, 5.74) is 2.01. The first-order valence-electron chi connectivity index (χ1n) is 6.52. The molecule has 0 spiro atoms. The summed E-state index contributed by atoms with van der Waals surface area (Å²) in [7, 11) is 0. The number of benzene rings is 2. The Morgan fingerprint density at radius 2 is 1.59 bits per heavy atom. The number of halogens is 3. The third-order valence-corrected chi connectivity index (χ3v) is 4.69. The van der Waals surface area contributed by atoms with E-state index >= 15 is 0 Å². The number of carboxylic acids is 1. The molecule has 0 amide bonds. The first-order valence-corrected chi connectivity index (χ1v) is 8.90. The Labute approximate surface area is 154 Å². The molecule has 0 radical (unpaired) electrons. The molecule has 3 nitrogen and oxygen atoms in total. The zero-order valence-electron chi connectivity index (χ0n) is 11.5. The molecule has 2 aromatic rings. The Morgan fingerprint density at radius 1 is 1.00 bits per heavy atom. The van der Waals surface area contributed by atoms with Gasteiger partial charge >= 0.3 is 5.97 Å². The van der Waals surface area contributed by atoms with Crippen LogP contribution in [0.15, 0.2) is 49.8 Å². The number of carboxylic acid groups (broad SMARTS) is 1. The Morgan fingerprint density at radius 3 is 2.14 bits per heavy atom. The van der Waals surface area contributed by atoms with Gasteiger partial charge < -0.3 is 9.84 Å². The van der Waals surface area contributed by atoms with Crippen LogP contribution in [0.3, 0.4) is 0 Å². The average Bonchev–Trinajstić information content (AvgIpc) is 2.46. The molecule has 0 fully saturated rings. The molecule has 6 heteroatoms. The Balaban J connectivity index is 2.07. The largest absolute Gasteiger partial charge is 0.487 e. The monoisotopic (exact) mass is 490 g/mol. The maximum Gasteiger partial charge on any atom is 0.303 e. The molecule has 0 aliphatic rings. The van der Waals surface area contributed by atoms with Gasteiger partial charge in [0.25, 0.3) is 0 Å². The van der Waals surface area contributed by atoms with Gasteiger partial charge in [0.05, 0.1) is 8.95 Å². The molecule has 0 aromatic heterocycles. The van der Waals surface area contributed by atoms with Crippen molar-refractivity contribution in [2.45, 2.75) is 19.4 Å². The predicted octanol–water partition coefficient (Wildman–Crippen LogP) is 5.57. The lowest BCUT2D eigenvalue weighted by Crippen LogP contribution is -2.00. The minimum absolute atomic E-state index is 0.109. The van der Waals surface area contributed by atoms with Crippen molar-refractivity contribution in [1.82, 2.24) is 0 Å². The van der Waals surface area contributed by atoms with E-state index in [-0.39, 0.29) is 6.42 Å². The van der Waals surface area contributed by atoms with E-state index in [2.05, 4.69) is 47.8 Å². The highest BCUT2D eigenvalue weighted by molar-refractivity contribution is 9.11. The minimum atomic E-state index is -0.803. The molecule has 1 N–H and O–H groups in total. The van der Waals surface area contributed by atoms with E-state index < -0.39 is 5.97 Å². The van der Waals surface area contributed by atoms with Crippen molar-refractivity contribution in [2.75, 3.05) is 0 Å². The summed E-state index contributed by atoms with van der Waals surface area (Å²) in [6.45, 7) is 0.457. The number of ether oxygens (including phenoxy) is 1. The van der Waals surface area contributed by atoms with Crippen LogP contribution < -0.4 is 4.74 Å². The number of aliphatic carboxylic acids is 1. The van der Waals surface area contributed by atoms with Crippen LogP contribution in [-0.2, 0) is 17.8 Å². The molecule has 0 atom stereocenters. The van der Waals surface area contributed by atoms with Crippen LogP contribution in [-0.4, -0.2) is 11.1 Å². The van der Waals surface area contributed by atoms with Crippen molar-refractivity contribution >= 4 is 53.8 Å². The maximum atomic E-state index is 10.6. The summed E-state index contributed by atoms with van der Waals surface area (Å²) in [5.74, 6) is -0.0928. The van der Waals surface area contributed by atoms with Crippen molar-refractivity contribution in [1.29, 1.82) is 0 Å². The molecule has 116 valence electrons. The lowest BCUT2D eigenvalue weighted by atomic mass is 10.1. The van der Waals surface area contributed by atoms with Crippen LogP contribution in [0, 0.1) is 0 Å². The zero-order chi connectivity index (χ0) is 16.1. The highest BCUT2D eigenvalue weighted by Gasteiger charge is 2.10. The van der Waals surface area contributed by atoms with Crippen LogP contribution >= 0.6 is 47.8 Å². The van der Waals surface area contributed by atoms with Gasteiger partial charge in [0.2, 0.25) is 0 Å². The SMILES string of the molecule is O=C(O)CCc1cc(Br)c(OCc2ccc(Br)cc2)c(Br)c1. The Bertz CT molecular complexity index is 646. The molecular formula is C16H13Br3O3. The fourth-order valence-corrected chi connectivity index (χ4v) is 3.66. The van der Waals surface area contributed by atoms with Crippen molar-refractivity contribution < 1.29 is 14.6 Å². The lowest BCUT2D eigenvalue weighted by molar-refractivity contribution is -0.136. The van der Waals surface area contributed by atoms with Gasteiger partial charge in [-0.3, -0.25) is 4.79 Å². The summed E-state index contributed by atoms with van der Waals surface area (Å²) in [6, 6.07) is 11.7. The van der Waals surface area contributed by atoms with Gasteiger partial charge in [0, 0.05) is 10.9 Å². The second-order valence-corrected chi connectivity index (χ2v) is 7.32. The van der Waals surface area contributed by atoms with Crippen LogP contribution in [0.4, 0.5) is 0 Å². The van der Waals surface area contributed by atoms with Crippen molar-refractivity contribution in [3.63, 3.8) is 0 Å². The molecule has 0 heterocycles. The molecule has 0 bridgehead atoms. The summed E-state index contributed by atoms with van der Waals surface area (Å²) >= 11 is 10.4. The average molecular weight is 493 g/mol. The second-order valence-electron chi connectivity index (χ2n) is 4.70. The molecule has 2 aromatic carbocycles. The number of aryl methyl sites for hydroxylation is 1. The van der Waals surface area contributed by atoms with Gasteiger partial charge in [-0.25, -0.2) is 0 Å². The quantitative estimate of drug-likeness (QED) is 0.573. The number of hydrogen-bond donors (Lipinski definition) is 1. The topological polar surface area (TPSA) is 46.5 Å². The first-order chi connectivity index (χ1) is 10.5. The van der Waals surface area contributed by atoms with E-state index in [9.17, 15) is 4.79 Å². The zero-order valence-corrected chi connectivity index (χ0v) is 16.2. The molecule has 0 unspecified atom stereocenters. The summed E-state index contributed by atoms with van der Waals surface area (Å²) in [4.78, 5) is 10.6. The molecule has 22 heavy (non-hydrogen) atoms. The van der Waals surface area contributed by atoms with Gasteiger partial charge in [0.1, 0.15) is 12.4 Å². The van der Waals surface area contributed by atoms with Crippen molar-refractivity contribution in [3.05, 3.63) is 60.9 Å². The number of rotatable bonds is 6.